The number of benzene rings is 1. The van der Waals surface area contributed by atoms with Gasteiger partial charge in [-0.15, -0.1) is 0 Å². The fourth-order valence-corrected chi connectivity index (χ4v) is 6.92. The van der Waals surface area contributed by atoms with E-state index in [0.717, 1.165) is 79.8 Å². The lowest BCUT2D eigenvalue weighted by Gasteiger charge is -2.43. The Bertz CT molecular complexity index is 1130. The molecule has 3 saturated heterocycles. The molecule has 4 fully saturated rings. The van der Waals surface area contributed by atoms with Crippen LogP contribution in [-0.4, -0.2) is 67.0 Å². The van der Waals surface area contributed by atoms with Crippen molar-refractivity contribution in [1.82, 2.24) is 9.88 Å². The van der Waals surface area contributed by atoms with Crippen LogP contribution in [-0.2, 0) is 14.3 Å². The quantitative estimate of drug-likeness (QED) is 0.593. The summed E-state index contributed by atoms with van der Waals surface area (Å²) < 4.78 is 25.4. The number of piperidine rings is 1. The second-order valence-corrected chi connectivity index (χ2v) is 11.7. The molecule has 3 aliphatic heterocycles. The first-order chi connectivity index (χ1) is 17.4. The van der Waals surface area contributed by atoms with Crippen molar-refractivity contribution in [2.45, 2.75) is 56.7 Å². The molecular weight excluding hydrogens is 481 g/mol. The number of hydrogen-bond acceptors (Lipinski definition) is 5. The molecule has 1 aliphatic carbocycles. The predicted octanol–water partition coefficient (Wildman–Crippen LogP) is 5.20. The maximum Gasteiger partial charge on any atom is 0.228 e. The van der Waals surface area contributed by atoms with E-state index in [1.54, 1.807) is 6.20 Å². The van der Waals surface area contributed by atoms with Crippen molar-refractivity contribution in [3.05, 3.63) is 35.0 Å². The van der Waals surface area contributed by atoms with Crippen LogP contribution in [0.2, 0.25) is 5.02 Å². The zero-order valence-electron chi connectivity index (χ0n) is 20.8. The number of rotatable bonds is 5. The highest BCUT2D eigenvalue weighted by Gasteiger charge is 2.48. The van der Waals surface area contributed by atoms with Crippen LogP contribution in [0.15, 0.2) is 24.4 Å². The molecular formula is C28H35ClFN3O3. The van der Waals surface area contributed by atoms with E-state index in [1.807, 2.05) is 19.1 Å². The van der Waals surface area contributed by atoms with Crippen molar-refractivity contribution in [3.8, 4) is 0 Å². The van der Waals surface area contributed by atoms with Crippen molar-refractivity contribution < 1.29 is 18.7 Å². The van der Waals surface area contributed by atoms with E-state index in [4.69, 9.17) is 21.1 Å². The molecule has 1 aromatic carbocycles. The molecule has 1 aromatic heterocycles. The number of hydrogen-bond donors (Lipinski definition) is 1. The van der Waals surface area contributed by atoms with E-state index >= 15 is 0 Å². The van der Waals surface area contributed by atoms with Gasteiger partial charge in [0.05, 0.1) is 18.8 Å². The Morgan fingerprint density at radius 1 is 1.14 bits per heavy atom. The molecule has 8 heteroatoms. The van der Waals surface area contributed by atoms with E-state index in [-0.39, 0.29) is 18.4 Å². The molecule has 1 amide bonds. The lowest BCUT2D eigenvalue weighted by atomic mass is 9.85. The molecule has 6 rings (SSSR count). The molecule has 2 aromatic rings. The Morgan fingerprint density at radius 2 is 1.92 bits per heavy atom. The van der Waals surface area contributed by atoms with Gasteiger partial charge in [-0.1, -0.05) is 11.6 Å². The van der Waals surface area contributed by atoms with Gasteiger partial charge in [0.2, 0.25) is 5.91 Å². The van der Waals surface area contributed by atoms with E-state index < -0.39 is 11.7 Å². The highest BCUT2D eigenvalue weighted by molar-refractivity contribution is 6.32. The van der Waals surface area contributed by atoms with Crippen LogP contribution in [0.25, 0.3) is 10.8 Å². The molecule has 36 heavy (non-hydrogen) atoms. The second kappa shape index (κ2) is 9.82. The number of alkyl halides is 1. The van der Waals surface area contributed by atoms with Crippen molar-refractivity contribution in [2.75, 3.05) is 44.8 Å². The lowest BCUT2D eigenvalue weighted by Crippen LogP contribution is -2.55. The fourth-order valence-electron chi connectivity index (χ4n) is 6.59. The fraction of sp³-hybridized carbons (Fsp3) is 0.643. The van der Waals surface area contributed by atoms with Gasteiger partial charge in [-0.05, 0) is 99.0 Å². The number of fused-ring (bicyclic) bond motifs is 1. The van der Waals surface area contributed by atoms with Crippen LogP contribution in [0.4, 0.5) is 10.2 Å². The van der Waals surface area contributed by atoms with Gasteiger partial charge in [0.1, 0.15) is 12.0 Å². The zero-order valence-corrected chi connectivity index (χ0v) is 21.6. The highest BCUT2D eigenvalue weighted by atomic mass is 35.5. The third kappa shape index (κ3) is 4.64. The number of aromatic nitrogens is 1. The molecule has 0 radical (unpaired) electrons. The first kappa shape index (κ1) is 24.5. The maximum atomic E-state index is 14.5. The van der Waals surface area contributed by atoms with Crippen molar-refractivity contribution in [1.29, 1.82) is 0 Å². The number of likely N-dealkylation sites (tertiary alicyclic amines) is 1. The van der Waals surface area contributed by atoms with Crippen LogP contribution in [0.3, 0.4) is 0 Å². The lowest BCUT2D eigenvalue weighted by molar-refractivity contribution is -0.117. The molecule has 4 aliphatic rings. The number of nitrogens with one attached hydrogen (secondary N) is 1. The monoisotopic (exact) mass is 515 g/mol. The summed E-state index contributed by atoms with van der Waals surface area (Å²) >= 11 is 6.71. The van der Waals surface area contributed by atoms with Gasteiger partial charge in [-0.25, -0.2) is 9.37 Å². The summed E-state index contributed by atoms with van der Waals surface area (Å²) in [7, 11) is 0. The predicted molar refractivity (Wildman–Crippen MR) is 138 cm³/mol. The first-order valence-corrected chi connectivity index (χ1v) is 13.7. The zero-order chi connectivity index (χ0) is 24.9. The molecule has 194 valence electrons. The number of pyridine rings is 1. The Hall–Kier alpha value is -1.80. The van der Waals surface area contributed by atoms with Crippen molar-refractivity contribution in [3.63, 3.8) is 0 Å². The molecule has 6 nitrogen and oxygen atoms in total. The van der Waals surface area contributed by atoms with E-state index in [9.17, 15) is 9.18 Å². The summed E-state index contributed by atoms with van der Waals surface area (Å²) in [5.41, 5.74) is 0.598. The van der Waals surface area contributed by atoms with Crippen LogP contribution < -0.4 is 5.32 Å². The third-order valence-electron chi connectivity index (χ3n) is 9.13. The van der Waals surface area contributed by atoms with Gasteiger partial charge in [-0.3, -0.25) is 9.69 Å². The number of nitrogens with zero attached hydrogens (tertiary/aromatic N) is 2. The molecule has 0 bridgehead atoms. The summed E-state index contributed by atoms with van der Waals surface area (Å²) in [6.07, 6.45) is 5.79. The molecule has 4 unspecified atom stereocenters. The molecule has 4 atom stereocenters. The van der Waals surface area contributed by atoms with E-state index in [1.165, 1.54) is 0 Å². The van der Waals surface area contributed by atoms with Gasteiger partial charge >= 0.3 is 0 Å². The summed E-state index contributed by atoms with van der Waals surface area (Å²) in [5, 5.41) is 5.79. The summed E-state index contributed by atoms with van der Waals surface area (Å²) in [6.45, 7) is 5.90. The topological polar surface area (TPSA) is 63.7 Å². The van der Waals surface area contributed by atoms with Gasteiger partial charge in [0.15, 0.2) is 0 Å². The maximum absolute atomic E-state index is 14.5. The van der Waals surface area contributed by atoms with Gasteiger partial charge < -0.3 is 14.8 Å². The molecule has 4 heterocycles. The van der Waals surface area contributed by atoms with Crippen LogP contribution in [0.5, 0.6) is 0 Å². The largest absolute Gasteiger partial charge is 0.381 e. The normalized spacial score (nSPS) is 32.1. The van der Waals surface area contributed by atoms with Crippen molar-refractivity contribution >= 4 is 34.1 Å². The van der Waals surface area contributed by atoms with Crippen LogP contribution >= 0.6 is 11.6 Å². The number of amides is 1. The van der Waals surface area contributed by atoms with Gasteiger partial charge in [0, 0.05) is 35.7 Å². The smallest absolute Gasteiger partial charge is 0.228 e. The number of anilines is 1. The minimum Gasteiger partial charge on any atom is -0.381 e. The summed E-state index contributed by atoms with van der Waals surface area (Å²) in [4.78, 5) is 19.6. The second-order valence-electron chi connectivity index (χ2n) is 11.3. The Labute approximate surface area is 216 Å². The average molecular weight is 516 g/mol. The average Bonchev–Trinajstić information content (AvgIpc) is 3.63. The standard InChI is InChI=1S/C28H35ClFN3O3/c1-28(16-36-15-25(28)30)33-6-2-17(3-7-33)22-10-19-12-26(31-14-20(19)11-24(22)29)32-27(34)23-13-21(23)18-4-8-35-9-5-18/h10-12,14,17-18,21,23,25H,2-9,13,15-16H2,1H3,(H,31,32,34). The highest BCUT2D eigenvalue weighted by Crippen LogP contribution is 2.48. The Morgan fingerprint density at radius 3 is 2.64 bits per heavy atom. The number of halogens is 2. The van der Waals surface area contributed by atoms with Gasteiger partial charge in [-0.2, -0.15) is 0 Å². The summed E-state index contributed by atoms with van der Waals surface area (Å²) in [6, 6.07) is 6.08. The summed E-state index contributed by atoms with van der Waals surface area (Å²) in [5.74, 6) is 2.17. The minimum absolute atomic E-state index is 0.0791. The Balaban J connectivity index is 1.13. The van der Waals surface area contributed by atoms with E-state index in [2.05, 4.69) is 21.3 Å². The Kier molecular flexibility index (Phi) is 6.69. The SMILES string of the molecule is CC1(N2CCC(c3cc4cc(NC(=O)C5CC5C5CCOCC5)ncc4cc3Cl)CC2)COCC1F. The molecule has 0 spiro atoms. The number of carbonyl (C=O) groups excluding carboxylic acids is 1. The third-order valence-corrected chi connectivity index (χ3v) is 9.45. The van der Waals surface area contributed by atoms with Crippen LogP contribution in [0, 0.1) is 17.8 Å². The number of carbonyl (C=O) groups is 1. The van der Waals surface area contributed by atoms with Crippen LogP contribution in [0.1, 0.15) is 50.5 Å². The molecule has 1 saturated carbocycles. The van der Waals surface area contributed by atoms with Crippen molar-refractivity contribution in [2.24, 2.45) is 17.8 Å². The number of ether oxygens (including phenoxy) is 2. The first-order valence-electron chi connectivity index (χ1n) is 13.4. The molecule has 1 N–H and O–H groups in total. The van der Waals surface area contributed by atoms with E-state index in [0.29, 0.717) is 30.2 Å². The minimum atomic E-state index is -0.943. The van der Waals surface area contributed by atoms with Gasteiger partial charge in [0.25, 0.3) is 0 Å².